The Kier molecular flexibility index (Phi) is 6.22. The first-order valence-electron chi connectivity index (χ1n) is 9.53. The lowest BCUT2D eigenvalue weighted by Gasteiger charge is -2.20. The number of amides is 2. The molecule has 154 valence electrons. The molecule has 3 rings (SSSR count). The summed E-state index contributed by atoms with van der Waals surface area (Å²) in [6.45, 7) is 2.53. The molecule has 29 heavy (non-hydrogen) atoms. The molecule has 1 heterocycles. The van der Waals surface area contributed by atoms with Crippen LogP contribution in [0.4, 0.5) is 5.69 Å². The number of sulfonamides is 1. The second kappa shape index (κ2) is 8.65. The largest absolute Gasteiger partial charge is 0.354 e. The van der Waals surface area contributed by atoms with Gasteiger partial charge in [-0.1, -0.05) is 23.8 Å². The summed E-state index contributed by atoms with van der Waals surface area (Å²) in [5.41, 5.74) is 1.75. The average Bonchev–Trinajstić information content (AvgIpc) is 2.92. The quantitative estimate of drug-likeness (QED) is 0.783. The standard InChI is InChI=1S/C21H25N3O4S/c1-15-9-11-17(12-10-15)24(2)29(27,28)18-7-5-6-16(14-18)20(25)23-19-8-3-4-13-22-21(19)26/h5-7,9-12,14,19H,3-4,8,13H2,1-2H3,(H,22,26)(H,23,25). The Bertz CT molecular complexity index is 1000. The van der Waals surface area contributed by atoms with Crippen LogP contribution in [0.15, 0.2) is 53.4 Å². The number of carbonyl (C=O) groups excluding carboxylic acids is 2. The fourth-order valence-electron chi connectivity index (χ4n) is 3.17. The summed E-state index contributed by atoms with van der Waals surface area (Å²) in [6, 6.07) is 12.4. The van der Waals surface area contributed by atoms with Crippen molar-refractivity contribution in [3.8, 4) is 0 Å². The number of anilines is 1. The summed E-state index contributed by atoms with van der Waals surface area (Å²) in [5.74, 6) is -0.680. The Morgan fingerprint density at radius 3 is 2.59 bits per heavy atom. The predicted octanol–water partition coefficient (Wildman–Crippen LogP) is 2.22. The molecule has 1 unspecified atom stereocenters. The normalized spacial score (nSPS) is 17.2. The molecule has 0 saturated carbocycles. The van der Waals surface area contributed by atoms with Crippen molar-refractivity contribution in [3.05, 3.63) is 59.7 Å². The molecule has 0 aromatic heterocycles. The zero-order valence-corrected chi connectivity index (χ0v) is 17.3. The molecule has 1 atom stereocenters. The maximum atomic E-state index is 13.0. The predicted molar refractivity (Wildman–Crippen MR) is 111 cm³/mol. The van der Waals surface area contributed by atoms with Crippen molar-refractivity contribution in [2.45, 2.75) is 37.1 Å². The number of nitrogens with one attached hydrogen (secondary N) is 2. The third-order valence-electron chi connectivity index (χ3n) is 4.99. The zero-order chi connectivity index (χ0) is 21.0. The van der Waals surface area contributed by atoms with Crippen LogP contribution < -0.4 is 14.9 Å². The molecule has 1 saturated heterocycles. The molecule has 7 nitrogen and oxygen atoms in total. The Morgan fingerprint density at radius 1 is 1.14 bits per heavy atom. The third-order valence-corrected chi connectivity index (χ3v) is 6.77. The fraction of sp³-hybridized carbons (Fsp3) is 0.333. The first kappa shape index (κ1) is 20.9. The first-order valence-corrected chi connectivity index (χ1v) is 11.0. The number of rotatable bonds is 5. The summed E-state index contributed by atoms with van der Waals surface area (Å²) in [4.78, 5) is 24.7. The van der Waals surface area contributed by atoms with Crippen LogP contribution in [0.2, 0.25) is 0 Å². The number of carbonyl (C=O) groups is 2. The van der Waals surface area contributed by atoms with Gasteiger partial charge in [-0.05, 0) is 56.5 Å². The Morgan fingerprint density at radius 2 is 1.86 bits per heavy atom. The maximum Gasteiger partial charge on any atom is 0.264 e. The second-order valence-electron chi connectivity index (χ2n) is 7.15. The van der Waals surface area contributed by atoms with Gasteiger partial charge in [0.05, 0.1) is 10.6 Å². The van der Waals surface area contributed by atoms with Crippen molar-refractivity contribution in [2.75, 3.05) is 17.9 Å². The molecule has 0 bridgehead atoms. The average molecular weight is 416 g/mol. The molecule has 0 aliphatic carbocycles. The summed E-state index contributed by atoms with van der Waals surface area (Å²) in [7, 11) is -2.36. The van der Waals surface area contributed by atoms with Crippen LogP contribution in [0.3, 0.4) is 0 Å². The Hall–Kier alpha value is -2.87. The monoisotopic (exact) mass is 415 g/mol. The van der Waals surface area contributed by atoms with E-state index >= 15 is 0 Å². The van der Waals surface area contributed by atoms with Gasteiger partial charge < -0.3 is 10.6 Å². The van der Waals surface area contributed by atoms with Gasteiger partial charge in [0.25, 0.3) is 15.9 Å². The topological polar surface area (TPSA) is 95.6 Å². The Labute approximate surface area is 171 Å². The van der Waals surface area contributed by atoms with Gasteiger partial charge in [0.15, 0.2) is 0 Å². The van der Waals surface area contributed by atoms with Crippen molar-refractivity contribution in [3.63, 3.8) is 0 Å². The molecule has 0 radical (unpaired) electrons. The van der Waals surface area contributed by atoms with Crippen molar-refractivity contribution in [2.24, 2.45) is 0 Å². The lowest BCUT2D eigenvalue weighted by molar-refractivity contribution is -0.122. The zero-order valence-electron chi connectivity index (χ0n) is 16.5. The van der Waals surface area contributed by atoms with Crippen LogP contribution in [-0.2, 0) is 14.8 Å². The van der Waals surface area contributed by atoms with E-state index in [1.165, 1.54) is 35.6 Å². The van der Waals surface area contributed by atoms with Crippen molar-refractivity contribution in [1.82, 2.24) is 10.6 Å². The highest BCUT2D eigenvalue weighted by Crippen LogP contribution is 2.23. The minimum absolute atomic E-state index is 0.0125. The molecule has 1 aliphatic rings. The van der Waals surface area contributed by atoms with Gasteiger partial charge in [-0.2, -0.15) is 0 Å². The van der Waals surface area contributed by atoms with Gasteiger partial charge in [0.1, 0.15) is 6.04 Å². The van der Waals surface area contributed by atoms with Crippen molar-refractivity contribution < 1.29 is 18.0 Å². The third kappa shape index (κ3) is 4.76. The highest BCUT2D eigenvalue weighted by atomic mass is 32.2. The molecule has 1 fully saturated rings. The highest BCUT2D eigenvalue weighted by Gasteiger charge is 2.25. The van der Waals surface area contributed by atoms with Gasteiger partial charge >= 0.3 is 0 Å². The minimum Gasteiger partial charge on any atom is -0.354 e. The number of hydrogen-bond acceptors (Lipinski definition) is 4. The molecule has 2 amide bonds. The molecular formula is C21H25N3O4S. The number of aryl methyl sites for hydroxylation is 1. The first-order chi connectivity index (χ1) is 13.8. The van der Waals surface area contributed by atoms with Gasteiger partial charge in [-0.15, -0.1) is 0 Å². The summed E-state index contributed by atoms with van der Waals surface area (Å²) in [6.07, 6.45) is 2.27. The number of nitrogens with zero attached hydrogens (tertiary/aromatic N) is 1. The van der Waals surface area contributed by atoms with Crippen LogP contribution in [-0.4, -0.2) is 39.9 Å². The van der Waals surface area contributed by atoms with E-state index in [9.17, 15) is 18.0 Å². The van der Waals surface area contributed by atoms with E-state index < -0.39 is 22.0 Å². The van der Waals surface area contributed by atoms with Crippen molar-refractivity contribution in [1.29, 1.82) is 0 Å². The maximum absolute atomic E-state index is 13.0. The lowest BCUT2D eigenvalue weighted by Crippen LogP contribution is -2.45. The molecule has 2 aromatic rings. The van der Waals surface area contributed by atoms with Crippen molar-refractivity contribution >= 4 is 27.5 Å². The molecule has 2 aromatic carbocycles. The molecule has 2 N–H and O–H groups in total. The van der Waals surface area contributed by atoms with Crippen LogP contribution in [0.25, 0.3) is 0 Å². The van der Waals surface area contributed by atoms with E-state index in [2.05, 4.69) is 10.6 Å². The molecule has 1 aliphatic heterocycles. The van der Waals surface area contributed by atoms with Crippen LogP contribution in [0.1, 0.15) is 35.2 Å². The smallest absolute Gasteiger partial charge is 0.264 e. The highest BCUT2D eigenvalue weighted by molar-refractivity contribution is 7.92. The van der Waals surface area contributed by atoms with Crippen LogP contribution >= 0.6 is 0 Å². The van der Waals surface area contributed by atoms with E-state index in [1.807, 2.05) is 19.1 Å². The second-order valence-corrected chi connectivity index (χ2v) is 9.12. The van der Waals surface area contributed by atoms with Gasteiger partial charge in [0.2, 0.25) is 5.91 Å². The van der Waals surface area contributed by atoms with E-state index in [0.717, 1.165) is 18.4 Å². The summed E-state index contributed by atoms with van der Waals surface area (Å²) >= 11 is 0. The van der Waals surface area contributed by atoms with E-state index in [0.29, 0.717) is 18.7 Å². The minimum atomic E-state index is -3.84. The fourth-order valence-corrected chi connectivity index (χ4v) is 4.41. The van der Waals surface area contributed by atoms with Crippen LogP contribution in [0, 0.1) is 6.92 Å². The number of hydrogen-bond donors (Lipinski definition) is 2. The van der Waals surface area contributed by atoms with Gasteiger partial charge in [-0.3, -0.25) is 13.9 Å². The SMILES string of the molecule is Cc1ccc(N(C)S(=O)(=O)c2cccc(C(=O)NC3CCCCNC3=O)c2)cc1. The molecule has 8 heteroatoms. The van der Waals surface area contributed by atoms with Gasteiger partial charge in [-0.25, -0.2) is 8.42 Å². The summed E-state index contributed by atoms with van der Waals surface area (Å²) < 4.78 is 27.2. The van der Waals surface area contributed by atoms with E-state index in [1.54, 1.807) is 12.1 Å². The molecular weight excluding hydrogens is 390 g/mol. The van der Waals surface area contributed by atoms with E-state index in [4.69, 9.17) is 0 Å². The lowest BCUT2D eigenvalue weighted by atomic mass is 10.1. The Balaban J connectivity index is 1.81. The van der Waals surface area contributed by atoms with E-state index in [-0.39, 0.29) is 16.4 Å². The number of benzene rings is 2. The molecule has 0 spiro atoms. The van der Waals surface area contributed by atoms with Crippen LogP contribution in [0.5, 0.6) is 0 Å². The van der Waals surface area contributed by atoms with Gasteiger partial charge in [0, 0.05) is 19.2 Å². The summed E-state index contributed by atoms with van der Waals surface area (Å²) in [5, 5.41) is 5.48.